The van der Waals surface area contributed by atoms with Crippen LogP contribution in [0.15, 0.2) is 52.3 Å². The van der Waals surface area contributed by atoms with Gasteiger partial charge in [-0.2, -0.15) is 5.26 Å². The zero-order valence-corrected chi connectivity index (χ0v) is 12.1. The van der Waals surface area contributed by atoms with E-state index < -0.39 is 0 Å². The Hall–Kier alpha value is -2.25. The van der Waals surface area contributed by atoms with Crippen LogP contribution < -0.4 is 5.32 Å². The summed E-state index contributed by atoms with van der Waals surface area (Å²) in [4.78, 5) is 12.9. The third-order valence-corrected chi connectivity index (χ3v) is 3.73. The molecule has 0 bridgehead atoms. The molecule has 0 unspecified atom stereocenters. The Bertz CT molecular complexity index is 672. The van der Waals surface area contributed by atoms with Crippen LogP contribution in [-0.2, 0) is 4.79 Å². The molecule has 0 radical (unpaired) electrons. The van der Waals surface area contributed by atoms with Gasteiger partial charge in [-0.3, -0.25) is 4.79 Å². The van der Waals surface area contributed by atoms with Crippen LogP contribution in [0.5, 0.6) is 0 Å². The first kappa shape index (κ1) is 14.2. The molecule has 0 saturated carbocycles. The zero-order valence-electron chi connectivity index (χ0n) is 11.3. The lowest BCUT2D eigenvalue weighted by Crippen LogP contribution is -2.05. The number of rotatable bonds is 3. The fraction of sp³-hybridized carbons (Fsp3) is 0.125. The lowest BCUT2D eigenvalue weighted by molar-refractivity contribution is -0.114. The molecule has 0 heterocycles. The maximum absolute atomic E-state index is 11.0. The quantitative estimate of drug-likeness (QED) is 0.926. The SMILES string of the molecule is CC(=O)Nc1ccc(Sc2cc(C)ccc2C#N)cc1. The van der Waals surface area contributed by atoms with Crippen molar-refractivity contribution in [1.82, 2.24) is 0 Å². The number of nitrogens with one attached hydrogen (secondary N) is 1. The van der Waals surface area contributed by atoms with Crippen molar-refractivity contribution in [1.29, 1.82) is 5.26 Å². The second-order valence-corrected chi connectivity index (χ2v) is 5.53. The molecule has 0 aliphatic heterocycles. The third-order valence-electron chi connectivity index (χ3n) is 2.66. The van der Waals surface area contributed by atoms with Gasteiger partial charge < -0.3 is 5.32 Å². The second kappa shape index (κ2) is 6.27. The summed E-state index contributed by atoms with van der Waals surface area (Å²) in [6, 6.07) is 15.5. The van der Waals surface area contributed by atoms with Gasteiger partial charge in [0.25, 0.3) is 0 Å². The number of nitrogens with zero attached hydrogens (tertiary/aromatic N) is 1. The van der Waals surface area contributed by atoms with Crippen molar-refractivity contribution in [2.75, 3.05) is 5.32 Å². The molecule has 1 N–H and O–H groups in total. The summed E-state index contributed by atoms with van der Waals surface area (Å²) in [5.74, 6) is -0.0872. The van der Waals surface area contributed by atoms with Crippen molar-refractivity contribution in [2.24, 2.45) is 0 Å². The van der Waals surface area contributed by atoms with Crippen LogP contribution in [0.1, 0.15) is 18.1 Å². The van der Waals surface area contributed by atoms with Gasteiger partial charge in [0.05, 0.1) is 5.56 Å². The van der Waals surface area contributed by atoms with Crippen molar-refractivity contribution in [3.8, 4) is 6.07 Å². The summed E-state index contributed by atoms with van der Waals surface area (Å²) in [6.07, 6.45) is 0. The van der Waals surface area contributed by atoms with Gasteiger partial charge in [0.2, 0.25) is 5.91 Å². The Morgan fingerprint density at radius 1 is 1.20 bits per heavy atom. The van der Waals surface area contributed by atoms with Crippen LogP contribution in [0.3, 0.4) is 0 Å². The van der Waals surface area contributed by atoms with Gasteiger partial charge in [0.15, 0.2) is 0 Å². The fourth-order valence-corrected chi connectivity index (χ4v) is 2.74. The first-order chi connectivity index (χ1) is 9.58. The maximum Gasteiger partial charge on any atom is 0.221 e. The van der Waals surface area contributed by atoms with E-state index in [0.717, 1.165) is 21.0 Å². The molecular weight excluding hydrogens is 268 g/mol. The molecule has 0 atom stereocenters. The highest BCUT2D eigenvalue weighted by Crippen LogP contribution is 2.31. The van der Waals surface area contributed by atoms with Crippen LogP contribution in [-0.4, -0.2) is 5.91 Å². The number of aryl methyl sites for hydroxylation is 1. The summed E-state index contributed by atoms with van der Waals surface area (Å²) >= 11 is 1.55. The van der Waals surface area contributed by atoms with Crippen LogP contribution in [0, 0.1) is 18.3 Å². The first-order valence-electron chi connectivity index (χ1n) is 6.15. The molecule has 3 nitrogen and oxygen atoms in total. The number of benzene rings is 2. The first-order valence-corrected chi connectivity index (χ1v) is 6.96. The number of hydrogen-bond acceptors (Lipinski definition) is 3. The third kappa shape index (κ3) is 3.62. The minimum Gasteiger partial charge on any atom is -0.326 e. The summed E-state index contributed by atoms with van der Waals surface area (Å²) < 4.78 is 0. The van der Waals surface area contributed by atoms with Gasteiger partial charge in [0, 0.05) is 22.4 Å². The molecule has 1 amide bonds. The van der Waals surface area contributed by atoms with Gasteiger partial charge in [-0.15, -0.1) is 0 Å². The van der Waals surface area contributed by atoms with E-state index in [1.54, 1.807) is 11.8 Å². The highest BCUT2D eigenvalue weighted by atomic mass is 32.2. The zero-order chi connectivity index (χ0) is 14.5. The molecule has 2 rings (SSSR count). The van der Waals surface area contributed by atoms with E-state index in [-0.39, 0.29) is 5.91 Å². The molecular formula is C16H14N2OS. The van der Waals surface area contributed by atoms with E-state index in [1.165, 1.54) is 6.92 Å². The van der Waals surface area contributed by atoms with Crippen molar-refractivity contribution >= 4 is 23.4 Å². The number of hydrogen-bond donors (Lipinski definition) is 1. The van der Waals surface area contributed by atoms with Crippen molar-refractivity contribution in [3.05, 3.63) is 53.6 Å². The van der Waals surface area contributed by atoms with Crippen molar-refractivity contribution in [2.45, 2.75) is 23.6 Å². The van der Waals surface area contributed by atoms with E-state index in [4.69, 9.17) is 5.26 Å². The largest absolute Gasteiger partial charge is 0.326 e. The maximum atomic E-state index is 11.0. The fourth-order valence-electron chi connectivity index (χ4n) is 1.74. The number of nitriles is 1. The average molecular weight is 282 g/mol. The van der Waals surface area contributed by atoms with E-state index >= 15 is 0 Å². The molecule has 100 valence electrons. The van der Waals surface area contributed by atoms with Crippen LogP contribution in [0.25, 0.3) is 0 Å². The predicted octanol–water partition coefficient (Wildman–Crippen LogP) is 3.98. The summed E-state index contributed by atoms with van der Waals surface area (Å²) in [5, 5.41) is 11.8. The van der Waals surface area contributed by atoms with Crippen molar-refractivity contribution in [3.63, 3.8) is 0 Å². The molecule has 0 aromatic heterocycles. The molecule has 20 heavy (non-hydrogen) atoms. The molecule has 0 aliphatic rings. The molecule has 0 spiro atoms. The Kier molecular flexibility index (Phi) is 4.44. The monoisotopic (exact) mass is 282 g/mol. The molecule has 2 aromatic carbocycles. The molecule has 0 fully saturated rings. The standard InChI is InChI=1S/C16H14N2OS/c1-11-3-4-13(10-17)16(9-11)20-15-7-5-14(6-8-15)18-12(2)19/h3-9H,1-2H3,(H,18,19). The van der Waals surface area contributed by atoms with E-state index in [2.05, 4.69) is 11.4 Å². The Morgan fingerprint density at radius 3 is 2.50 bits per heavy atom. The summed E-state index contributed by atoms with van der Waals surface area (Å²) in [7, 11) is 0. The summed E-state index contributed by atoms with van der Waals surface area (Å²) in [5.41, 5.74) is 2.57. The molecule has 0 aliphatic carbocycles. The molecule has 4 heteroatoms. The number of amides is 1. The predicted molar refractivity (Wildman–Crippen MR) is 80.8 cm³/mol. The van der Waals surface area contributed by atoms with Crippen LogP contribution >= 0.6 is 11.8 Å². The van der Waals surface area contributed by atoms with Gasteiger partial charge >= 0.3 is 0 Å². The number of carbonyl (C=O) groups excluding carboxylic acids is 1. The Morgan fingerprint density at radius 2 is 1.90 bits per heavy atom. The number of carbonyl (C=O) groups is 1. The number of anilines is 1. The topological polar surface area (TPSA) is 52.9 Å². The lowest BCUT2D eigenvalue weighted by atomic mass is 10.2. The minimum atomic E-state index is -0.0872. The molecule has 2 aromatic rings. The Labute approximate surface area is 122 Å². The van der Waals surface area contributed by atoms with Gasteiger partial charge in [-0.05, 0) is 48.9 Å². The minimum absolute atomic E-state index is 0.0872. The molecule has 0 saturated heterocycles. The van der Waals surface area contributed by atoms with Crippen LogP contribution in [0.4, 0.5) is 5.69 Å². The van der Waals surface area contributed by atoms with E-state index in [1.807, 2.05) is 49.4 Å². The smallest absolute Gasteiger partial charge is 0.221 e. The van der Waals surface area contributed by atoms with E-state index in [9.17, 15) is 4.79 Å². The second-order valence-electron chi connectivity index (χ2n) is 4.42. The van der Waals surface area contributed by atoms with Gasteiger partial charge in [-0.25, -0.2) is 0 Å². The van der Waals surface area contributed by atoms with Gasteiger partial charge in [0.1, 0.15) is 6.07 Å². The van der Waals surface area contributed by atoms with Crippen LogP contribution in [0.2, 0.25) is 0 Å². The Balaban J connectivity index is 2.20. The highest BCUT2D eigenvalue weighted by molar-refractivity contribution is 7.99. The summed E-state index contributed by atoms with van der Waals surface area (Å²) in [6.45, 7) is 3.49. The van der Waals surface area contributed by atoms with Gasteiger partial charge in [-0.1, -0.05) is 17.8 Å². The average Bonchev–Trinajstić information content (AvgIpc) is 2.41. The normalized spacial score (nSPS) is 9.85. The lowest BCUT2D eigenvalue weighted by Gasteiger charge is -2.07. The van der Waals surface area contributed by atoms with Crippen molar-refractivity contribution < 1.29 is 4.79 Å². The highest BCUT2D eigenvalue weighted by Gasteiger charge is 2.05. The van der Waals surface area contributed by atoms with E-state index in [0.29, 0.717) is 5.56 Å².